The van der Waals surface area contributed by atoms with Gasteiger partial charge in [-0.25, -0.2) is 0 Å². The topological polar surface area (TPSA) is 40.5 Å². The van der Waals surface area contributed by atoms with Gasteiger partial charge in [-0.2, -0.15) is 0 Å². The lowest BCUT2D eigenvalue weighted by molar-refractivity contribution is -0.135. The van der Waals surface area contributed by atoms with Crippen molar-refractivity contribution >= 4 is 5.91 Å². The van der Waals surface area contributed by atoms with Crippen LogP contribution >= 0.6 is 0 Å². The van der Waals surface area contributed by atoms with Gasteiger partial charge in [0.1, 0.15) is 0 Å². The summed E-state index contributed by atoms with van der Waals surface area (Å²) in [7, 11) is 0. The van der Waals surface area contributed by atoms with Gasteiger partial charge in [0.15, 0.2) is 0 Å². The molecule has 3 nitrogen and oxygen atoms in total. The highest BCUT2D eigenvalue weighted by Gasteiger charge is 2.24. The minimum absolute atomic E-state index is 0.0565. The van der Waals surface area contributed by atoms with Crippen molar-refractivity contribution in [2.24, 2.45) is 0 Å². The van der Waals surface area contributed by atoms with E-state index in [0.29, 0.717) is 6.42 Å². The van der Waals surface area contributed by atoms with Crippen LogP contribution in [0.2, 0.25) is 0 Å². The minimum Gasteiger partial charge on any atom is -0.394 e. The van der Waals surface area contributed by atoms with Crippen molar-refractivity contribution < 1.29 is 9.90 Å². The molecular weight excluding hydrogens is 178 g/mol. The molecule has 14 heavy (non-hydrogen) atoms. The van der Waals surface area contributed by atoms with Crippen LogP contribution in [-0.2, 0) is 4.79 Å². The van der Waals surface area contributed by atoms with Gasteiger partial charge in [-0.15, -0.1) is 6.58 Å². The van der Waals surface area contributed by atoms with Crippen LogP contribution in [0.15, 0.2) is 12.7 Å². The Morgan fingerprint density at radius 3 is 3.00 bits per heavy atom. The number of allylic oxidation sites excluding steroid dienone is 1. The van der Waals surface area contributed by atoms with E-state index in [0.717, 1.165) is 32.2 Å². The zero-order valence-corrected chi connectivity index (χ0v) is 8.61. The van der Waals surface area contributed by atoms with E-state index in [4.69, 9.17) is 5.11 Å². The van der Waals surface area contributed by atoms with Gasteiger partial charge in [-0.1, -0.05) is 6.08 Å². The van der Waals surface area contributed by atoms with Gasteiger partial charge in [0.25, 0.3) is 0 Å². The Morgan fingerprint density at radius 2 is 2.36 bits per heavy atom. The second-order valence-corrected chi connectivity index (χ2v) is 3.75. The molecule has 0 saturated carbocycles. The fourth-order valence-electron chi connectivity index (χ4n) is 1.89. The minimum atomic E-state index is 0.0565. The van der Waals surface area contributed by atoms with Gasteiger partial charge >= 0.3 is 0 Å². The average molecular weight is 197 g/mol. The molecular formula is C11H19NO2. The first kappa shape index (κ1) is 11.2. The molecule has 1 aliphatic rings. The first-order chi connectivity index (χ1) is 6.79. The molecule has 1 unspecified atom stereocenters. The fourth-order valence-corrected chi connectivity index (χ4v) is 1.89. The van der Waals surface area contributed by atoms with Crippen LogP contribution in [0.5, 0.6) is 0 Å². The zero-order chi connectivity index (χ0) is 10.4. The van der Waals surface area contributed by atoms with E-state index in [2.05, 4.69) is 6.58 Å². The van der Waals surface area contributed by atoms with E-state index in [1.807, 2.05) is 4.90 Å². The fraction of sp³-hybridized carbons (Fsp3) is 0.727. The molecule has 0 aromatic carbocycles. The van der Waals surface area contributed by atoms with E-state index >= 15 is 0 Å². The molecule has 1 N–H and O–H groups in total. The number of aliphatic hydroxyl groups is 1. The Morgan fingerprint density at radius 1 is 1.57 bits per heavy atom. The van der Waals surface area contributed by atoms with Crippen LogP contribution in [0.25, 0.3) is 0 Å². The third-order valence-electron chi connectivity index (χ3n) is 2.72. The number of carbonyl (C=O) groups excluding carboxylic acids is 1. The maximum absolute atomic E-state index is 11.7. The maximum atomic E-state index is 11.7. The molecule has 0 spiro atoms. The van der Waals surface area contributed by atoms with Crippen molar-refractivity contribution in [3.8, 4) is 0 Å². The molecule has 1 fully saturated rings. The third kappa shape index (κ3) is 2.84. The number of rotatable bonds is 4. The molecule has 0 bridgehead atoms. The Labute approximate surface area is 85.4 Å². The van der Waals surface area contributed by atoms with Crippen LogP contribution in [0.4, 0.5) is 0 Å². The number of hydrogen-bond acceptors (Lipinski definition) is 2. The molecule has 1 aliphatic heterocycles. The Bertz CT molecular complexity index is 203. The number of nitrogens with zero attached hydrogens (tertiary/aromatic N) is 1. The Kier molecular flexibility index (Phi) is 4.66. The highest BCUT2D eigenvalue weighted by Crippen LogP contribution is 2.17. The van der Waals surface area contributed by atoms with Gasteiger partial charge in [0.2, 0.25) is 5.91 Å². The smallest absolute Gasteiger partial charge is 0.223 e. The highest BCUT2D eigenvalue weighted by molar-refractivity contribution is 5.76. The molecule has 1 saturated heterocycles. The largest absolute Gasteiger partial charge is 0.394 e. The van der Waals surface area contributed by atoms with Gasteiger partial charge < -0.3 is 10.0 Å². The lowest BCUT2D eigenvalue weighted by atomic mass is 10.0. The predicted molar refractivity (Wildman–Crippen MR) is 55.9 cm³/mol. The summed E-state index contributed by atoms with van der Waals surface area (Å²) in [6.07, 6.45) is 6.15. The summed E-state index contributed by atoms with van der Waals surface area (Å²) in [5, 5.41) is 9.12. The molecule has 0 aromatic heterocycles. The monoisotopic (exact) mass is 197 g/mol. The summed E-state index contributed by atoms with van der Waals surface area (Å²) in [6.45, 7) is 4.50. The number of likely N-dealkylation sites (tertiary alicyclic amines) is 1. The molecule has 1 amide bonds. The second kappa shape index (κ2) is 5.81. The van der Waals surface area contributed by atoms with E-state index in [1.54, 1.807) is 6.08 Å². The number of carbonyl (C=O) groups is 1. The van der Waals surface area contributed by atoms with Crippen molar-refractivity contribution in [2.75, 3.05) is 13.2 Å². The summed E-state index contributed by atoms with van der Waals surface area (Å²) in [5.41, 5.74) is 0. The van der Waals surface area contributed by atoms with Crippen LogP contribution in [0.3, 0.4) is 0 Å². The lowest BCUT2D eigenvalue weighted by Gasteiger charge is -2.34. The molecule has 0 aromatic rings. The molecule has 1 rings (SSSR count). The summed E-state index contributed by atoms with van der Waals surface area (Å²) < 4.78 is 0. The lowest BCUT2D eigenvalue weighted by Crippen LogP contribution is -2.45. The quantitative estimate of drug-likeness (QED) is 0.691. The van der Waals surface area contributed by atoms with Crippen molar-refractivity contribution in [1.82, 2.24) is 4.90 Å². The van der Waals surface area contributed by atoms with E-state index in [1.165, 1.54) is 0 Å². The van der Waals surface area contributed by atoms with Crippen LogP contribution < -0.4 is 0 Å². The second-order valence-electron chi connectivity index (χ2n) is 3.75. The van der Waals surface area contributed by atoms with Crippen molar-refractivity contribution in [1.29, 1.82) is 0 Å². The number of piperidine rings is 1. The van der Waals surface area contributed by atoms with E-state index in [9.17, 15) is 4.79 Å². The summed E-state index contributed by atoms with van der Waals surface area (Å²) in [6, 6.07) is 0.0565. The first-order valence-electron chi connectivity index (χ1n) is 5.30. The maximum Gasteiger partial charge on any atom is 0.223 e. The van der Waals surface area contributed by atoms with E-state index in [-0.39, 0.29) is 18.6 Å². The Hall–Kier alpha value is -0.830. The van der Waals surface area contributed by atoms with Gasteiger partial charge in [0, 0.05) is 13.0 Å². The number of amides is 1. The molecule has 0 aliphatic carbocycles. The summed E-state index contributed by atoms with van der Waals surface area (Å²) in [4.78, 5) is 13.5. The van der Waals surface area contributed by atoms with Crippen LogP contribution in [0, 0.1) is 0 Å². The zero-order valence-electron chi connectivity index (χ0n) is 8.61. The molecule has 3 heteroatoms. The average Bonchev–Trinajstić information content (AvgIpc) is 2.25. The van der Waals surface area contributed by atoms with Crippen LogP contribution in [-0.4, -0.2) is 35.1 Å². The summed E-state index contributed by atoms with van der Waals surface area (Å²) >= 11 is 0. The molecule has 1 atom stereocenters. The Balaban J connectivity index is 2.45. The van der Waals surface area contributed by atoms with Crippen molar-refractivity contribution in [3.05, 3.63) is 12.7 Å². The first-order valence-corrected chi connectivity index (χ1v) is 5.30. The SMILES string of the molecule is C=CCCC(=O)N1CCCCC1CO. The number of aliphatic hydroxyl groups excluding tert-OH is 1. The highest BCUT2D eigenvalue weighted by atomic mass is 16.3. The van der Waals surface area contributed by atoms with Crippen molar-refractivity contribution in [2.45, 2.75) is 38.1 Å². The normalized spacial score (nSPS) is 22.1. The third-order valence-corrected chi connectivity index (χ3v) is 2.72. The van der Waals surface area contributed by atoms with Crippen LogP contribution in [0.1, 0.15) is 32.1 Å². The summed E-state index contributed by atoms with van der Waals surface area (Å²) in [5.74, 6) is 0.156. The van der Waals surface area contributed by atoms with Gasteiger partial charge in [0.05, 0.1) is 12.6 Å². The van der Waals surface area contributed by atoms with Gasteiger partial charge in [-0.05, 0) is 25.7 Å². The standard InChI is InChI=1S/C11H19NO2/c1-2-3-7-11(14)12-8-5-4-6-10(12)9-13/h2,10,13H,1,3-9H2. The number of hydrogen-bond donors (Lipinski definition) is 1. The van der Waals surface area contributed by atoms with E-state index < -0.39 is 0 Å². The van der Waals surface area contributed by atoms with Gasteiger partial charge in [-0.3, -0.25) is 4.79 Å². The molecule has 1 heterocycles. The predicted octanol–water partition coefficient (Wildman–Crippen LogP) is 1.33. The molecule has 80 valence electrons. The van der Waals surface area contributed by atoms with Crippen molar-refractivity contribution in [3.63, 3.8) is 0 Å². The molecule has 0 radical (unpaired) electrons.